The number of fused-ring (bicyclic) bond motifs is 7. The van der Waals surface area contributed by atoms with E-state index < -0.39 is 186 Å². The van der Waals surface area contributed by atoms with Gasteiger partial charge in [0.15, 0.2) is 37.2 Å². The quantitative estimate of drug-likeness (QED) is 0.0585. The second-order valence-corrected chi connectivity index (χ2v) is 26.8. The first-order valence-electron chi connectivity index (χ1n) is 30.5. The molecule has 0 bridgehead atoms. The van der Waals surface area contributed by atoms with Crippen molar-refractivity contribution in [1.82, 2.24) is 0 Å². The fourth-order valence-corrected chi connectivity index (χ4v) is 17.0. The second kappa shape index (κ2) is 26.3. The summed E-state index contributed by atoms with van der Waals surface area (Å²) in [5, 5.41) is 159. The van der Waals surface area contributed by atoms with Gasteiger partial charge in [-0.25, -0.2) is 0 Å². The summed E-state index contributed by atoms with van der Waals surface area (Å²) in [4.78, 5) is 0. The van der Waals surface area contributed by atoms with Crippen molar-refractivity contribution in [3.05, 3.63) is 0 Å². The van der Waals surface area contributed by atoms with Crippen LogP contribution in [0.2, 0.25) is 0 Å². The van der Waals surface area contributed by atoms with E-state index in [0.717, 1.165) is 38.5 Å². The lowest BCUT2D eigenvalue weighted by atomic mass is 9.44. The predicted molar refractivity (Wildman–Crippen MR) is 282 cm³/mol. The molecular weight excluding hydrogens is 1120 g/mol. The summed E-state index contributed by atoms with van der Waals surface area (Å²) < 4.78 is 73.8. The van der Waals surface area contributed by atoms with Crippen LogP contribution in [0.4, 0.5) is 0 Å². The zero-order valence-corrected chi connectivity index (χ0v) is 48.8. The molecule has 4 saturated carbocycles. The van der Waals surface area contributed by atoms with Crippen LogP contribution in [0.5, 0.6) is 0 Å². The summed E-state index contributed by atoms with van der Waals surface area (Å²) in [6.45, 7) is 8.42. The number of aliphatic hydroxyl groups excluding tert-OH is 15. The third-order valence-corrected chi connectivity index (χ3v) is 22.1. The van der Waals surface area contributed by atoms with Crippen molar-refractivity contribution >= 4 is 0 Å². The highest BCUT2D eigenvalue weighted by molar-refractivity contribution is 5.15. The Hall–Kier alpha value is -1.08. The smallest absolute Gasteiger partial charge is 0.187 e. The van der Waals surface area contributed by atoms with Crippen LogP contribution in [0.15, 0.2) is 0 Å². The van der Waals surface area contributed by atoms with E-state index in [0.29, 0.717) is 43.4 Å². The van der Waals surface area contributed by atoms with Gasteiger partial charge in [-0.15, -0.1) is 0 Å². The average molecular weight is 1210 g/mol. The van der Waals surface area contributed by atoms with E-state index in [4.69, 9.17) is 56.8 Å². The topological polar surface area (TPSA) is 414 Å². The van der Waals surface area contributed by atoms with E-state index in [-0.39, 0.29) is 47.2 Å². The number of methoxy groups -OCH3 is 1. The van der Waals surface area contributed by atoms with Crippen LogP contribution in [-0.4, -0.2) is 282 Å². The summed E-state index contributed by atoms with van der Waals surface area (Å²) in [6.07, 6.45) is -30.0. The highest BCUT2D eigenvalue weighted by Crippen LogP contribution is 2.71. The molecule has 0 unspecified atom stereocenters. The lowest BCUT2D eigenvalue weighted by Crippen LogP contribution is -2.67. The predicted octanol–water partition coefficient (Wildman–Crippen LogP) is -3.81. The number of rotatable bonds is 18. The maximum atomic E-state index is 12.5. The van der Waals surface area contributed by atoms with Gasteiger partial charge in [-0.3, -0.25) is 0 Å². The first kappa shape index (κ1) is 65.9. The average Bonchev–Trinajstić information content (AvgIpc) is 1.52. The number of aliphatic hydroxyl groups is 15. The number of ether oxygens (including phenoxy) is 12. The fraction of sp³-hybridized carbons (Fsp3) is 1.00. The molecule has 27 heteroatoms. The van der Waals surface area contributed by atoms with Crippen LogP contribution in [0.1, 0.15) is 98.8 Å². The SMILES string of the molecule is CO[C@@]1(CC[C@H](C)CO[C@@H]2O[C@@H](CO)[C@H](O)[C@H](O)[C@H]2O)O[C@H]2C[C@H]3[C@@H]4CC[C@H]5C[C@@H](O[C@@H]6O[C@@H](CO[C@H]7O[C@@H](C)[C@H](O)[C@H](O)[C@H]7O)[C@H](O[C@@H]7OC[C@@H](O)[C@H](O)[C@@H]7O)[C@H](O)[C@H]6O[C@H]6O[C@@H](CO)[C@@H](O)[C@H](O)[C@@H]6O)CC[C@@]5(C)[C@H]4CC[C@]3(C)[C@H]2[C@@H]1C. The number of hydrogen-bond acceptors (Lipinski definition) is 27. The molecule has 0 spiro atoms. The van der Waals surface area contributed by atoms with E-state index in [1.807, 2.05) is 6.92 Å². The van der Waals surface area contributed by atoms with Crippen molar-refractivity contribution in [3.8, 4) is 0 Å². The molecule has 0 amide bonds. The van der Waals surface area contributed by atoms with Crippen molar-refractivity contribution in [1.29, 1.82) is 0 Å². The molecule has 4 aliphatic carbocycles. The van der Waals surface area contributed by atoms with Crippen LogP contribution >= 0.6 is 0 Å². The lowest BCUT2D eigenvalue weighted by Gasteiger charge is -2.61. The van der Waals surface area contributed by atoms with E-state index >= 15 is 0 Å². The Kier molecular flexibility index (Phi) is 20.6. The van der Waals surface area contributed by atoms with Crippen molar-refractivity contribution in [2.24, 2.45) is 52.3 Å². The van der Waals surface area contributed by atoms with Gasteiger partial charge in [-0.2, -0.15) is 0 Å². The van der Waals surface area contributed by atoms with Crippen LogP contribution in [0.3, 0.4) is 0 Å². The zero-order chi connectivity index (χ0) is 60.6. The highest BCUT2D eigenvalue weighted by atomic mass is 16.8. The van der Waals surface area contributed by atoms with Gasteiger partial charge in [-0.05, 0) is 111 Å². The molecule has 27 nitrogen and oxygen atoms in total. The molecule has 15 N–H and O–H groups in total. The van der Waals surface area contributed by atoms with Crippen molar-refractivity contribution < 1.29 is 133 Å². The monoisotopic (exact) mass is 1210 g/mol. The standard InChI is InChI=1S/C57H96O27/c1-22(19-74-51-45(70)41(66)38(63)32(17-58)79-51)9-14-57(73-6)23(2)35-31(84-57)16-29-27-8-7-25-15-26(10-12-55(25,4)28(27)11-13-56(29,35)5)78-54-49(83-53-46(71)42(67)39(64)33(18-59)80-53)47(72)48(82-52-43(68)37(62)30(60)20-75-52)34(81-54)21-76-50-44(69)40(65)36(61)24(3)77-50/h22-54,58-72H,7-21H2,1-6H3/t22-,23-,24-,25-,26-,27+,28-,29-,30+,31-,32-,33-,34-,35-,36-,37-,38-,39+,40-,41-,42-,43-,44+,45+,46-,47-,48-,49+,50-,51+,52-,53+,54+,55+,56-,57-/m0/s1. The Labute approximate surface area is 488 Å². The van der Waals surface area contributed by atoms with E-state index in [1.54, 1.807) is 7.11 Å². The molecule has 0 aromatic carbocycles. The van der Waals surface area contributed by atoms with Gasteiger partial charge in [0.1, 0.15) is 110 Å². The summed E-state index contributed by atoms with van der Waals surface area (Å²) in [7, 11) is 1.71. The van der Waals surface area contributed by atoms with Crippen molar-refractivity contribution in [2.75, 3.05) is 40.1 Å². The maximum Gasteiger partial charge on any atom is 0.187 e. The summed E-state index contributed by atoms with van der Waals surface area (Å²) in [5.74, 6) is 0.966. The fourth-order valence-electron chi connectivity index (χ4n) is 17.0. The Morgan fingerprint density at radius 3 is 1.81 bits per heavy atom. The molecule has 10 aliphatic rings. The number of hydrogen-bond donors (Lipinski definition) is 15. The molecule has 6 heterocycles. The largest absolute Gasteiger partial charge is 0.394 e. The van der Waals surface area contributed by atoms with Gasteiger partial charge < -0.3 is 133 Å². The first-order chi connectivity index (χ1) is 39.8. The lowest BCUT2D eigenvalue weighted by molar-refractivity contribution is -0.392. The molecule has 36 atom stereocenters. The van der Waals surface area contributed by atoms with Crippen LogP contribution in [-0.2, 0) is 56.8 Å². The molecule has 6 aliphatic heterocycles. The van der Waals surface area contributed by atoms with Gasteiger partial charge in [-0.1, -0.05) is 27.7 Å². The van der Waals surface area contributed by atoms with Crippen LogP contribution in [0.25, 0.3) is 0 Å². The zero-order valence-electron chi connectivity index (χ0n) is 48.8. The molecule has 10 fully saturated rings. The summed E-state index contributed by atoms with van der Waals surface area (Å²) in [6, 6.07) is 0. The van der Waals surface area contributed by atoms with Crippen LogP contribution in [0, 0.1) is 52.3 Å². The summed E-state index contributed by atoms with van der Waals surface area (Å²) in [5.41, 5.74) is -0.0749. The maximum absolute atomic E-state index is 12.5. The Bertz CT molecular complexity index is 2140. The minimum Gasteiger partial charge on any atom is -0.394 e. The van der Waals surface area contributed by atoms with Gasteiger partial charge >= 0.3 is 0 Å². The second-order valence-electron chi connectivity index (χ2n) is 26.8. The summed E-state index contributed by atoms with van der Waals surface area (Å²) >= 11 is 0. The molecular formula is C57H96O27. The van der Waals surface area contributed by atoms with Gasteiger partial charge in [0, 0.05) is 19.4 Å². The minimum atomic E-state index is -1.91. The van der Waals surface area contributed by atoms with E-state index in [1.165, 1.54) is 6.92 Å². The van der Waals surface area contributed by atoms with Gasteiger partial charge in [0.05, 0.1) is 51.3 Å². The molecule has 0 radical (unpaired) electrons. The van der Waals surface area contributed by atoms with Crippen LogP contribution < -0.4 is 0 Å². The third-order valence-electron chi connectivity index (χ3n) is 22.1. The molecule has 84 heavy (non-hydrogen) atoms. The Morgan fingerprint density at radius 1 is 0.548 bits per heavy atom. The van der Waals surface area contributed by atoms with E-state index in [9.17, 15) is 76.6 Å². The molecule has 486 valence electrons. The highest BCUT2D eigenvalue weighted by Gasteiger charge is 2.69. The molecule has 0 aromatic rings. The normalized spacial score (nSPS) is 55.4. The van der Waals surface area contributed by atoms with Gasteiger partial charge in [0.2, 0.25) is 0 Å². The molecule has 10 rings (SSSR count). The molecule has 6 saturated heterocycles. The molecule has 0 aromatic heterocycles. The first-order valence-corrected chi connectivity index (χ1v) is 30.5. The Balaban J connectivity index is 0.823. The van der Waals surface area contributed by atoms with E-state index in [2.05, 4.69) is 20.8 Å². The third kappa shape index (κ3) is 12.1. The van der Waals surface area contributed by atoms with Crippen molar-refractivity contribution in [2.45, 2.75) is 264 Å². The Morgan fingerprint density at radius 2 is 1.14 bits per heavy atom. The minimum absolute atomic E-state index is 0.00434. The van der Waals surface area contributed by atoms with Crippen molar-refractivity contribution in [3.63, 3.8) is 0 Å². The van der Waals surface area contributed by atoms with Gasteiger partial charge in [0.25, 0.3) is 0 Å².